The lowest BCUT2D eigenvalue weighted by atomic mass is 10.1. The van der Waals surface area contributed by atoms with Crippen molar-refractivity contribution in [1.82, 2.24) is 5.32 Å². The molecule has 0 aliphatic heterocycles. The molecule has 0 spiro atoms. The second kappa shape index (κ2) is 7.43. The minimum Gasteiger partial charge on any atom is -0.491 e. The maximum absolute atomic E-state index is 11.9. The number of carbonyl (C=O) groups is 1. The average Bonchev–Trinajstić information content (AvgIpc) is 2.89. The van der Waals surface area contributed by atoms with Gasteiger partial charge in [-0.1, -0.05) is 12.1 Å². The molecule has 21 heavy (non-hydrogen) atoms. The Balaban J connectivity index is 1.67. The maximum Gasteiger partial charge on any atom is 0.223 e. The molecule has 1 aliphatic carbocycles. The summed E-state index contributed by atoms with van der Waals surface area (Å²) in [7, 11) is 0. The van der Waals surface area contributed by atoms with E-state index in [1.165, 1.54) is 0 Å². The quantitative estimate of drug-likeness (QED) is 0.729. The third kappa shape index (κ3) is 5.02. The van der Waals surface area contributed by atoms with E-state index in [9.17, 15) is 9.90 Å². The van der Waals surface area contributed by atoms with Crippen LogP contribution in [-0.4, -0.2) is 36.3 Å². The fourth-order valence-electron chi connectivity index (χ4n) is 2.57. The summed E-state index contributed by atoms with van der Waals surface area (Å²) in [6.45, 7) is 2.35. The van der Waals surface area contributed by atoms with Gasteiger partial charge in [-0.2, -0.15) is 0 Å². The van der Waals surface area contributed by atoms with Gasteiger partial charge in [0.05, 0.1) is 0 Å². The summed E-state index contributed by atoms with van der Waals surface area (Å²) in [5.41, 5.74) is 6.90. The van der Waals surface area contributed by atoms with Gasteiger partial charge in [-0.25, -0.2) is 0 Å². The summed E-state index contributed by atoms with van der Waals surface area (Å²) in [6, 6.07) is 7.77. The van der Waals surface area contributed by atoms with Crippen LogP contribution in [0.25, 0.3) is 0 Å². The number of benzene rings is 1. The molecule has 1 aliphatic rings. The third-order valence-electron chi connectivity index (χ3n) is 3.79. The highest BCUT2D eigenvalue weighted by molar-refractivity contribution is 5.79. The highest BCUT2D eigenvalue weighted by Gasteiger charge is 2.27. The first-order valence-electron chi connectivity index (χ1n) is 7.45. The molecule has 0 saturated heterocycles. The van der Waals surface area contributed by atoms with Crippen LogP contribution in [0.5, 0.6) is 5.75 Å². The Kier molecular flexibility index (Phi) is 5.59. The fraction of sp³-hybridized carbons (Fsp3) is 0.562. The van der Waals surface area contributed by atoms with Crippen LogP contribution in [0.3, 0.4) is 0 Å². The van der Waals surface area contributed by atoms with E-state index >= 15 is 0 Å². The van der Waals surface area contributed by atoms with Crippen molar-refractivity contribution in [3.8, 4) is 5.75 Å². The van der Waals surface area contributed by atoms with E-state index in [1.54, 1.807) is 0 Å². The topological polar surface area (TPSA) is 84.6 Å². The zero-order valence-electron chi connectivity index (χ0n) is 12.4. The summed E-state index contributed by atoms with van der Waals surface area (Å²) >= 11 is 0. The van der Waals surface area contributed by atoms with Gasteiger partial charge in [0, 0.05) is 18.5 Å². The monoisotopic (exact) mass is 292 g/mol. The van der Waals surface area contributed by atoms with Crippen molar-refractivity contribution in [2.45, 2.75) is 38.3 Å². The lowest BCUT2D eigenvalue weighted by Gasteiger charge is -2.15. The second-order valence-corrected chi connectivity index (χ2v) is 5.80. The Morgan fingerprint density at radius 2 is 2.33 bits per heavy atom. The van der Waals surface area contributed by atoms with Gasteiger partial charge in [-0.3, -0.25) is 4.79 Å². The number of ether oxygens (including phenoxy) is 1. The molecule has 116 valence electrons. The number of nitrogens with one attached hydrogen (secondary N) is 1. The summed E-state index contributed by atoms with van der Waals surface area (Å²) in [4.78, 5) is 11.9. The first-order valence-corrected chi connectivity index (χ1v) is 7.45. The minimum atomic E-state index is -0.718. The first kappa shape index (κ1) is 15.8. The standard InChI is InChI=1S/C16H24N2O3/c1-11-3-2-4-15(7-11)21-10-14(19)9-18-16(20)12-5-6-13(17)8-12/h2-4,7,12-14,19H,5-6,8-10,17H2,1H3,(H,18,20). The van der Waals surface area contributed by atoms with Crippen molar-refractivity contribution in [2.24, 2.45) is 11.7 Å². The van der Waals surface area contributed by atoms with E-state index in [4.69, 9.17) is 10.5 Å². The SMILES string of the molecule is Cc1cccc(OCC(O)CNC(=O)C2CCC(N)C2)c1. The zero-order valence-corrected chi connectivity index (χ0v) is 12.4. The van der Waals surface area contributed by atoms with Crippen LogP contribution in [0.4, 0.5) is 0 Å². The maximum atomic E-state index is 11.9. The number of amides is 1. The van der Waals surface area contributed by atoms with Crippen LogP contribution >= 0.6 is 0 Å². The average molecular weight is 292 g/mol. The van der Waals surface area contributed by atoms with E-state index in [2.05, 4.69) is 5.32 Å². The van der Waals surface area contributed by atoms with Gasteiger partial charge in [-0.05, 0) is 43.9 Å². The minimum absolute atomic E-state index is 0.00936. The highest BCUT2D eigenvalue weighted by atomic mass is 16.5. The van der Waals surface area contributed by atoms with E-state index < -0.39 is 6.10 Å². The molecule has 3 unspecified atom stereocenters. The normalized spacial score (nSPS) is 22.8. The van der Waals surface area contributed by atoms with Gasteiger partial charge in [0.25, 0.3) is 0 Å². The molecular formula is C16H24N2O3. The number of hydrogen-bond donors (Lipinski definition) is 3. The van der Waals surface area contributed by atoms with Crippen LogP contribution in [0.2, 0.25) is 0 Å². The Bertz CT molecular complexity index is 478. The van der Waals surface area contributed by atoms with Crippen molar-refractivity contribution in [3.05, 3.63) is 29.8 Å². The largest absolute Gasteiger partial charge is 0.491 e. The molecule has 5 heteroatoms. The van der Waals surface area contributed by atoms with Gasteiger partial charge in [0.2, 0.25) is 5.91 Å². The van der Waals surface area contributed by atoms with Crippen LogP contribution in [-0.2, 0) is 4.79 Å². The Labute approximate surface area is 125 Å². The van der Waals surface area contributed by atoms with Crippen LogP contribution in [0, 0.1) is 12.8 Å². The summed E-state index contributed by atoms with van der Waals surface area (Å²) < 4.78 is 5.50. The molecule has 0 radical (unpaired) electrons. The number of aliphatic hydroxyl groups is 1. The van der Waals surface area contributed by atoms with E-state index in [-0.39, 0.29) is 31.0 Å². The number of rotatable bonds is 6. The Hall–Kier alpha value is -1.59. The number of carbonyl (C=O) groups excluding carboxylic acids is 1. The van der Waals surface area contributed by atoms with Crippen molar-refractivity contribution in [1.29, 1.82) is 0 Å². The molecule has 1 aromatic rings. The van der Waals surface area contributed by atoms with E-state index in [0.717, 1.165) is 30.6 Å². The van der Waals surface area contributed by atoms with Gasteiger partial charge < -0.3 is 20.9 Å². The van der Waals surface area contributed by atoms with E-state index in [1.807, 2.05) is 31.2 Å². The molecule has 1 aromatic carbocycles. The Morgan fingerprint density at radius 1 is 1.52 bits per heavy atom. The van der Waals surface area contributed by atoms with Gasteiger partial charge in [0.1, 0.15) is 18.5 Å². The molecule has 1 saturated carbocycles. The van der Waals surface area contributed by atoms with Crippen molar-refractivity contribution in [2.75, 3.05) is 13.2 Å². The molecule has 4 N–H and O–H groups in total. The molecule has 0 heterocycles. The van der Waals surface area contributed by atoms with Crippen LogP contribution in [0.1, 0.15) is 24.8 Å². The lowest BCUT2D eigenvalue weighted by molar-refractivity contribution is -0.125. The van der Waals surface area contributed by atoms with Gasteiger partial charge >= 0.3 is 0 Å². The van der Waals surface area contributed by atoms with Crippen molar-refractivity contribution < 1.29 is 14.6 Å². The second-order valence-electron chi connectivity index (χ2n) is 5.80. The molecule has 1 fully saturated rings. The Morgan fingerprint density at radius 3 is 3.00 bits per heavy atom. The molecule has 5 nitrogen and oxygen atoms in total. The molecule has 0 aromatic heterocycles. The smallest absolute Gasteiger partial charge is 0.223 e. The van der Waals surface area contributed by atoms with Crippen molar-refractivity contribution >= 4 is 5.91 Å². The summed E-state index contributed by atoms with van der Waals surface area (Å²) in [5.74, 6) is 0.699. The number of aryl methyl sites for hydroxylation is 1. The molecule has 2 rings (SSSR count). The molecule has 1 amide bonds. The molecule has 3 atom stereocenters. The number of hydrogen-bond acceptors (Lipinski definition) is 4. The molecule has 0 bridgehead atoms. The van der Waals surface area contributed by atoms with Crippen molar-refractivity contribution in [3.63, 3.8) is 0 Å². The lowest BCUT2D eigenvalue weighted by Crippen LogP contribution is -2.38. The fourth-order valence-corrected chi connectivity index (χ4v) is 2.57. The van der Waals surface area contributed by atoms with Gasteiger partial charge in [-0.15, -0.1) is 0 Å². The zero-order chi connectivity index (χ0) is 15.2. The summed E-state index contributed by atoms with van der Waals surface area (Å²) in [6.07, 6.45) is 1.76. The van der Waals surface area contributed by atoms with Gasteiger partial charge in [0.15, 0.2) is 0 Å². The predicted molar refractivity (Wildman–Crippen MR) is 81.0 cm³/mol. The highest BCUT2D eigenvalue weighted by Crippen LogP contribution is 2.23. The van der Waals surface area contributed by atoms with Crippen LogP contribution < -0.4 is 15.8 Å². The predicted octanol–water partition coefficient (Wildman–Crippen LogP) is 0.978. The third-order valence-corrected chi connectivity index (χ3v) is 3.79. The van der Waals surface area contributed by atoms with E-state index in [0.29, 0.717) is 0 Å². The number of aliphatic hydroxyl groups excluding tert-OH is 1. The first-order chi connectivity index (χ1) is 10.0. The van der Waals surface area contributed by atoms with Crippen LogP contribution in [0.15, 0.2) is 24.3 Å². The summed E-state index contributed by atoms with van der Waals surface area (Å²) in [5, 5.41) is 12.6. The molecular weight excluding hydrogens is 268 g/mol. The number of nitrogens with two attached hydrogens (primary N) is 1.